The van der Waals surface area contributed by atoms with Gasteiger partial charge in [0.1, 0.15) is 11.5 Å². The van der Waals surface area contributed by atoms with Crippen molar-refractivity contribution in [1.29, 1.82) is 0 Å². The number of aliphatic hydroxyl groups excluding tert-OH is 1. The van der Waals surface area contributed by atoms with Crippen LogP contribution in [0.15, 0.2) is 24.4 Å². The Morgan fingerprint density at radius 3 is 2.62 bits per heavy atom. The highest BCUT2D eigenvalue weighted by atomic mass is 19.2. The molecule has 3 nitrogen and oxygen atoms in total. The molecule has 84 valence electrons. The number of benzene rings is 1. The molecule has 6 heteroatoms. The Morgan fingerprint density at radius 2 is 2.00 bits per heavy atom. The van der Waals surface area contributed by atoms with E-state index in [-0.39, 0.29) is 18.0 Å². The average Bonchev–Trinajstić information content (AvgIpc) is 2.71. The summed E-state index contributed by atoms with van der Waals surface area (Å²) in [4.78, 5) is 0. The Labute approximate surface area is 88.8 Å². The first-order valence-electron chi connectivity index (χ1n) is 4.42. The normalized spacial score (nSPS) is 10.8. The monoisotopic (exact) mass is 228 g/mol. The van der Waals surface area contributed by atoms with E-state index in [1.807, 2.05) is 0 Å². The summed E-state index contributed by atoms with van der Waals surface area (Å²) in [5.74, 6) is -3.36. The van der Waals surface area contributed by atoms with Crippen molar-refractivity contribution in [3.63, 3.8) is 0 Å². The molecule has 0 bridgehead atoms. The third kappa shape index (κ3) is 1.79. The lowest BCUT2D eigenvalue weighted by Crippen LogP contribution is -2.02. The van der Waals surface area contributed by atoms with Crippen LogP contribution < -0.4 is 0 Å². The topological polar surface area (TPSA) is 38.0 Å². The van der Waals surface area contributed by atoms with E-state index in [4.69, 9.17) is 5.11 Å². The molecular formula is C10H7F3N2O. The number of aromatic nitrogens is 2. The zero-order valence-corrected chi connectivity index (χ0v) is 7.99. The zero-order valence-electron chi connectivity index (χ0n) is 7.99. The highest BCUT2D eigenvalue weighted by molar-refractivity contribution is 5.34. The molecule has 0 unspecified atom stereocenters. The molecule has 0 aliphatic heterocycles. The molecule has 0 fully saturated rings. The minimum Gasteiger partial charge on any atom is -0.390 e. The van der Waals surface area contributed by atoms with Crippen LogP contribution in [0.2, 0.25) is 0 Å². The van der Waals surface area contributed by atoms with Gasteiger partial charge in [-0.25, -0.2) is 17.9 Å². The van der Waals surface area contributed by atoms with E-state index in [0.29, 0.717) is 6.07 Å². The third-order valence-electron chi connectivity index (χ3n) is 2.03. The summed E-state index contributed by atoms with van der Waals surface area (Å²) in [7, 11) is 0. The van der Waals surface area contributed by atoms with E-state index < -0.39 is 17.5 Å². The average molecular weight is 228 g/mol. The van der Waals surface area contributed by atoms with Gasteiger partial charge in [-0.15, -0.1) is 0 Å². The SMILES string of the molecule is OCc1ccn(-c2cc(F)cc(F)c2F)n1. The van der Waals surface area contributed by atoms with Crippen LogP contribution in [0, 0.1) is 17.5 Å². The summed E-state index contributed by atoms with van der Waals surface area (Å²) in [6.07, 6.45) is 1.31. The van der Waals surface area contributed by atoms with E-state index in [9.17, 15) is 13.2 Å². The second-order valence-corrected chi connectivity index (χ2v) is 3.13. The molecule has 0 radical (unpaired) electrons. The van der Waals surface area contributed by atoms with E-state index in [0.717, 1.165) is 10.7 Å². The van der Waals surface area contributed by atoms with Gasteiger partial charge >= 0.3 is 0 Å². The van der Waals surface area contributed by atoms with E-state index in [1.54, 1.807) is 0 Å². The maximum absolute atomic E-state index is 13.3. The van der Waals surface area contributed by atoms with Crippen LogP contribution in [0.3, 0.4) is 0 Å². The quantitative estimate of drug-likeness (QED) is 0.795. The predicted molar refractivity (Wildman–Crippen MR) is 49.4 cm³/mol. The van der Waals surface area contributed by atoms with Crippen molar-refractivity contribution in [3.8, 4) is 5.69 Å². The zero-order chi connectivity index (χ0) is 11.7. The third-order valence-corrected chi connectivity index (χ3v) is 2.03. The Kier molecular flexibility index (Phi) is 2.66. The largest absolute Gasteiger partial charge is 0.390 e. The van der Waals surface area contributed by atoms with Gasteiger partial charge < -0.3 is 5.11 Å². The fourth-order valence-electron chi connectivity index (χ4n) is 1.29. The van der Waals surface area contributed by atoms with Crippen molar-refractivity contribution >= 4 is 0 Å². The van der Waals surface area contributed by atoms with Gasteiger partial charge in [0.2, 0.25) is 0 Å². The van der Waals surface area contributed by atoms with Crippen molar-refractivity contribution in [3.05, 3.63) is 47.5 Å². The summed E-state index contributed by atoms with van der Waals surface area (Å²) in [6, 6.07) is 2.70. The number of rotatable bonds is 2. The Hall–Kier alpha value is -1.82. The first kappa shape index (κ1) is 10.7. The Morgan fingerprint density at radius 1 is 1.25 bits per heavy atom. The van der Waals surface area contributed by atoms with Gasteiger partial charge in [0.05, 0.1) is 12.3 Å². The van der Waals surface area contributed by atoms with E-state index in [1.165, 1.54) is 12.3 Å². The van der Waals surface area contributed by atoms with Crippen LogP contribution in [-0.4, -0.2) is 14.9 Å². The van der Waals surface area contributed by atoms with Gasteiger partial charge in [0.15, 0.2) is 11.6 Å². The fourth-order valence-corrected chi connectivity index (χ4v) is 1.29. The van der Waals surface area contributed by atoms with Crippen LogP contribution in [0.25, 0.3) is 5.69 Å². The van der Waals surface area contributed by atoms with E-state index in [2.05, 4.69) is 5.10 Å². The van der Waals surface area contributed by atoms with Gasteiger partial charge in [-0.05, 0) is 6.07 Å². The highest BCUT2D eigenvalue weighted by Gasteiger charge is 2.13. The first-order valence-corrected chi connectivity index (χ1v) is 4.42. The highest BCUT2D eigenvalue weighted by Crippen LogP contribution is 2.18. The van der Waals surface area contributed by atoms with Crippen molar-refractivity contribution < 1.29 is 18.3 Å². The lowest BCUT2D eigenvalue weighted by molar-refractivity contribution is 0.276. The molecule has 0 amide bonds. The minimum absolute atomic E-state index is 0.282. The van der Waals surface area contributed by atoms with Crippen LogP contribution in [0.5, 0.6) is 0 Å². The van der Waals surface area contributed by atoms with Gasteiger partial charge in [0, 0.05) is 18.3 Å². The molecule has 1 aromatic carbocycles. The first-order chi connectivity index (χ1) is 7.61. The number of hydrogen-bond acceptors (Lipinski definition) is 2. The number of hydrogen-bond donors (Lipinski definition) is 1. The van der Waals surface area contributed by atoms with Gasteiger partial charge in [-0.3, -0.25) is 0 Å². The molecule has 1 N–H and O–H groups in total. The molecule has 0 aliphatic rings. The Bertz CT molecular complexity index is 525. The Balaban J connectivity index is 2.54. The molecule has 0 spiro atoms. The van der Waals surface area contributed by atoms with Gasteiger partial charge in [-0.1, -0.05) is 0 Å². The number of halogens is 3. The summed E-state index contributed by atoms with van der Waals surface area (Å²) in [5.41, 5.74) is -0.0544. The lowest BCUT2D eigenvalue weighted by atomic mass is 10.3. The van der Waals surface area contributed by atoms with E-state index >= 15 is 0 Å². The molecular weight excluding hydrogens is 221 g/mol. The molecule has 0 aliphatic carbocycles. The molecule has 1 aromatic heterocycles. The van der Waals surface area contributed by atoms with Gasteiger partial charge in [-0.2, -0.15) is 5.10 Å². The van der Waals surface area contributed by atoms with Crippen molar-refractivity contribution in [2.45, 2.75) is 6.61 Å². The fraction of sp³-hybridized carbons (Fsp3) is 0.100. The molecule has 0 saturated carbocycles. The molecule has 2 aromatic rings. The van der Waals surface area contributed by atoms with Gasteiger partial charge in [0.25, 0.3) is 0 Å². The second-order valence-electron chi connectivity index (χ2n) is 3.13. The lowest BCUT2D eigenvalue weighted by Gasteiger charge is -2.04. The summed E-state index contributed by atoms with van der Waals surface area (Å²) >= 11 is 0. The van der Waals surface area contributed by atoms with Crippen LogP contribution in [-0.2, 0) is 6.61 Å². The summed E-state index contributed by atoms with van der Waals surface area (Å²) in [5, 5.41) is 12.5. The molecule has 0 atom stereocenters. The van der Waals surface area contributed by atoms with Crippen LogP contribution >= 0.6 is 0 Å². The number of nitrogens with zero attached hydrogens (tertiary/aromatic N) is 2. The smallest absolute Gasteiger partial charge is 0.184 e. The predicted octanol–water partition coefficient (Wildman–Crippen LogP) is 1.78. The number of aliphatic hydroxyl groups is 1. The van der Waals surface area contributed by atoms with Crippen molar-refractivity contribution in [2.24, 2.45) is 0 Å². The minimum atomic E-state index is -1.28. The van der Waals surface area contributed by atoms with Crippen LogP contribution in [0.1, 0.15) is 5.69 Å². The second kappa shape index (κ2) is 3.97. The molecule has 1 heterocycles. The summed E-state index contributed by atoms with van der Waals surface area (Å²) in [6.45, 7) is -0.327. The maximum Gasteiger partial charge on any atom is 0.184 e. The molecule has 2 rings (SSSR count). The standard InChI is InChI=1S/C10H7F3N2O/c11-6-3-8(12)10(13)9(4-6)15-2-1-7(5-16)14-15/h1-4,16H,5H2. The van der Waals surface area contributed by atoms with Crippen molar-refractivity contribution in [1.82, 2.24) is 9.78 Å². The maximum atomic E-state index is 13.3. The van der Waals surface area contributed by atoms with Crippen molar-refractivity contribution in [2.75, 3.05) is 0 Å². The summed E-state index contributed by atoms with van der Waals surface area (Å²) < 4.78 is 40.1. The molecule has 0 saturated heterocycles. The van der Waals surface area contributed by atoms with Crippen LogP contribution in [0.4, 0.5) is 13.2 Å². The molecule has 16 heavy (non-hydrogen) atoms.